The van der Waals surface area contributed by atoms with Crippen LogP contribution < -0.4 is 4.72 Å². The molecule has 1 saturated heterocycles. The first kappa shape index (κ1) is 17.7. The zero-order chi connectivity index (χ0) is 17.1. The zero-order valence-corrected chi connectivity index (χ0v) is 14.3. The van der Waals surface area contributed by atoms with Crippen LogP contribution in [-0.4, -0.2) is 32.7 Å². The van der Waals surface area contributed by atoms with Gasteiger partial charge in [-0.05, 0) is 55.1 Å². The molecule has 0 saturated carbocycles. The minimum Gasteiger partial charge on any atom is -0.299 e. The normalized spacial score (nSPS) is 18.3. The molecule has 0 bridgehead atoms. The molecule has 1 aromatic rings. The van der Waals surface area contributed by atoms with Crippen molar-refractivity contribution in [1.29, 1.82) is 5.26 Å². The number of sulfonamides is 1. The summed E-state index contributed by atoms with van der Waals surface area (Å²) in [7, 11) is -3.43. The van der Waals surface area contributed by atoms with E-state index in [0.717, 1.165) is 37.8 Å². The topological polar surface area (TPSA) is 73.2 Å². The number of likely N-dealkylation sites (tertiary alicyclic amines) is 1. The molecule has 1 aliphatic heterocycles. The van der Waals surface area contributed by atoms with Crippen LogP contribution in [-0.2, 0) is 16.6 Å². The number of piperidine rings is 1. The van der Waals surface area contributed by atoms with Crippen molar-refractivity contribution in [2.24, 2.45) is 5.41 Å². The Bertz CT molecular complexity index is 705. The number of nitriles is 1. The first-order chi connectivity index (χ1) is 10.7. The van der Waals surface area contributed by atoms with Gasteiger partial charge in [-0.3, -0.25) is 9.62 Å². The van der Waals surface area contributed by atoms with E-state index in [2.05, 4.69) is 22.6 Å². The van der Waals surface area contributed by atoms with Gasteiger partial charge in [-0.15, -0.1) is 0 Å². The van der Waals surface area contributed by atoms with E-state index in [1.54, 1.807) is 6.07 Å². The summed E-state index contributed by atoms with van der Waals surface area (Å²) in [6.07, 6.45) is 3.47. The van der Waals surface area contributed by atoms with Crippen molar-refractivity contribution < 1.29 is 12.8 Å². The maximum Gasteiger partial charge on any atom is 0.229 e. The first-order valence-corrected chi connectivity index (χ1v) is 9.45. The average Bonchev–Trinajstić information content (AvgIpc) is 2.39. The first-order valence-electron chi connectivity index (χ1n) is 7.56. The molecule has 0 radical (unpaired) electrons. The minimum atomic E-state index is -3.43. The van der Waals surface area contributed by atoms with E-state index in [-0.39, 0.29) is 11.1 Å². The standard InChI is InChI=1S/C16H22FN3O2S/c1-16(3-6-18)4-7-20(8-5-16)12-13-9-14(17)11-15(10-13)19-23(2,21)22/h9-11,19H,3-5,7-8,12H2,1-2H3. The Hall–Kier alpha value is -1.65. The van der Waals surface area contributed by atoms with Gasteiger partial charge in [0, 0.05) is 13.0 Å². The summed E-state index contributed by atoms with van der Waals surface area (Å²) in [4.78, 5) is 2.21. The van der Waals surface area contributed by atoms with Crippen molar-refractivity contribution in [3.8, 4) is 6.07 Å². The van der Waals surface area contributed by atoms with Gasteiger partial charge in [0.2, 0.25) is 10.0 Å². The van der Waals surface area contributed by atoms with Crippen LogP contribution in [0.5, 0.6) is 0 Å². The SMILES string of the molecule is CC1(CC#N)CCN(Cc2cc(F)cc(NS(C)(=O)=O)c2)CC1. The molecule has 1 heterocycles. The molecule has 23 heavy (non-hydrogen) atoms. The molecule has 126 valence electrons. The van der Waals surface area contributed by atoms with Crippen molar-refractivity contribution in [1.82, 2.24) is 4.90 Å². The van der Waals surface area contributed by atoms with Crippen molar-refractivity contribution in [2.45, 2.75) is 32.7 Å². The molecule has 2 rings (SSSR count). The van der Waals surface area contributed by atoms with Crippen molar-refractivity contribution in [2.75, 3.05) is 24.1 Å². The predicted octanol–water partition coefficient (Wildman–Crippen LogP) is 2.71. The molecule has 0 atom stereocenters. The van der Waals surface area contributed by atoms with Crippen LogP contribution in [0.4, 0.5) is 10.1 Å². The summed E-state index contributed by atoms with van der Waals surface area (Å²) in [6.45, 7) is 4.40. The summed E-state index contributed by atoms with van der Waals surface area (Å²) < 4.78 is 38.6. The van der Waals surface area contributed by atoms with Gasteiger partial charge >= 0.3 is 0 Å². The van der Waals surface area contributed by atoms with Crippen molar-refractivity contribution >= 4 is 15.7 Å². The highest BCUT2D eigenvalue weighted by Gasteiger charge is 2.29. The molecule has 1 aliphatic rings. The van der Waals surface area contributed by atoms with E-state index < -0.39 is 15.8 Å². The molecule has 0 spiro atoms. The van der Waals surface area contributed by atoms with E-state index in [4.69, 9.17) is 5.26 Å². The molecule has 1 aromatic carbocycles. The molecule has 1 fully saturated rings. The third-order valence-corrected chi connectivity index (χ3v) is 4.84. The third-order valence-electron chi connectivity index (χ3n) is 4.24. The predicted molar refractivity (Wildman–Crippen MR) is 87.7 cm³/mol. The molecule has 1 N–H and O–H groups in total. The summed E-state index contributed by atoms with van der Waals surface area (Å²) >= 11 is 0. The number of rotatable bonds is 5. The van der Waals surface area contributed by atoms with Gasteiger partial charge in [0.25, 0.3) is 0 Å². The second kappa shape index (κ2) is 6.85. The zero-order valence-electron chi connectivity index (χ0n) is 13.5. The number of benzene rings is 1. The van der Waals surface area contributed by atoms with Gasteiger partial charge < -0.3 is 0 Å². The van der Waals surface area contributed by atoms with Crippen LogP contribution in [0.25, 0.3) is 0 Å². The summed E-state index contributed by atoms with van der Waals surface area (Å²) in [5, 5.41) is 8.88. The highest BCUT2D eigenvalue weighted by Crippen LogP contribution is 2.34. The van der Waals surface area contributed by atoms with Crippen LogP contribution >= 0.6 is 0 Å². The second-order valence-corrected chi connectivity index (χ2v) is 8.39. The van der Waals surface area contributed by atoms with Crippen LogP contribution in [0.3, 0.4) is 0 Å². The van der Waals surface area contributed by atoms with Crippen LogP contribution in [0.2, 0.25) is 0 Å². The number of halogens is 1. The number of anilines is 1. The maximum absolute atomic E-state index is 13.7. The lowest BCUT2D eigenvalue weighted by molar-refractivity contribution is 0.116. The van der Waals surface area contributed by atoms with Crippen molar-refractivity contribution in [3.05, 3.63) is 29.6 Å². The van der Waals surface area contributed by atoms with E-state index >= 15 is 0 Å². The lowest BCUT2D eigenvalue weighted by Gasteiger charge is -2.38. The fourth-order valence-electron chi connectivity index (χ4n) is 2.89. The number of hydrogen-bond donors (Lipinski definition) is 1. The Morgan fingerprint density at radius 2 is 2.00 bits per heavy atom. The van der Waals surface area contributed by atoms with Gasteiger partial charge in [-0.1, -0.05) is 6.92 Å². The van der Waals surface area contributed by atoms with E-state index in [1.165, 1.54) is 12.1 Å². The second-order valence-electron chi connectivity index (χ2n) is 6.64. The Kier molecular flexibility index (Phi) is 5.27. The molecule has 0 aliphatic carbocycles. The van der Waals surface area contributed by atoms with Crippen molar-refractivity contribution in [3.63, 3.8) is 0 Å². The maximum atomic E-state index is 13.7. The largest absolute Gasteiger partial charge is 0.299 e. The Morgan fingerprint density at radius 3 is 2.57 bits per heavy atom. The van der Waals surface area contributed by atoms with Gasteiger partial charge in [0.1, 0.15) is 5.82 Å². The summed E-state index contributed by atoms with van der Waals surface area (Å²) in [5.41, 5.74) is 1.05. The monoisotopic (exact) mass is 339 g/mol. The van der Waals surface area contributed by atoms with Gasteiger partial charge in [-0.25, -0.2) is 12.8 Å². The van der Waals surface area contributed by atoms with E-state index in [9.17, 15) is 12.8 Å². The van der Waals surface area contributed by atoms with Crippen LogP contribution in [0, 0.1) is 22.6 Å². The number of nitrogens with zero attached hydrogens (tertiary/aromatic N) is 2. The molecular weight excluding hydrogens is 317 g/mol. The fraction of sp³-hybridized carbons (Fsp3) is 0.562. The molecular formula is C16H22FN3O2S. The smallest absolute Gasteiger partial charge is 0.229 e. The lowest BCUT2D eigenvalue weighted by Crippen LogP contribution is -2.38. The Morgan fingerprint density at radius 1 is 1.35 bits per heavy atom. The molecule has 0 aromatic heterocycles. The van der Waals surface area contributed by atoms with Gasteiger partial charge in [-0.2, -0.15) is 5.26 Å². The number of nitrogens with one attached hydrogen (secondary N) is 1. The van der Waals surface area contributed by atoms with E-state index in [1.807, 2.05) is 0 Å². The summed E-state index contributed by atoms with van der Waals surface area (Å²) in [6, 6.07) is 6.50. The molecule has 0 amide bonds. The Balaban J connectivity index is 2.03. The third kappa shape index (κ3) is 5.48. The highest BCUT2D eigenvalue weighted by molar-refractivity contribution is 7.92. The molecule has 5 nitrogen and oxygen atoms in total. The van der Waals surface area contributed by atoms with Gasteiger partial charge in [0.15, 0.2) is 0 Å². The van der Waals surface area contributed by atoms with E-state index in [0.29, 0.717) is 13.0 Å². The fourth-order valence-corrected chi connectivity index (χ4v) is 3.44. The van der Waals surface area contributed by atoms with Crippen LogP contribution in [0.15, 0.2) is 18.2 Å². The number of hydrogen-bond acceptors (Lipinski definition) is 4. The minimum absolute atomic E-state index is 0.0657. The highest BCUT2D eigenvalue weighted by atomic mass is 32.2. The molecule has 7 heteroatoms. The average molecular weight is 339 g/mol. The lowest BCUT2D eigenvalue weighted by atomic mass is 9.78. The summed E-state index contributed by atoms with van der Waals surface area (Å²) in [5.74, 6) is -0.458. The quantitative estimate of drug-likeness (QED) is 0.895. The molecule has 0 unspecified atom stereocenters. The Labute approximate surface area is 137 Å². The van der Waals surface area contributed by atoms with Gasteiger partial charge in [0.05, 0.1) is 18.0 Å². The van der Waals surface area contributed by atoms with Crippen LogP contribution in [0.1, 0.15) is 31.7 Å².